The van der Waals surface area contributed by atoms with Gasteiger partial charge in [0.25, 0.3) is 0 Å². The van der Waals surface area contributed by atoms with Gasteiger partial charge in [0.05, 0.1) is 12.2 Å². The van der Waals surface area contributed by atoms with Gasteiger partial charge in [0.15, 0.2) is 0 Å². The first-order chi connectivity index (χ1) is 16.1. The lowest BCUT2D eigenvalue weighted by atomic mass is 9.99. The number of carboxylic acid groups (broad SMARTS) is 1. The summed E-state index contributed by atoms with van der Waals surface area (Å²) in [4.78, 5) is 10.6. The third-order valence-electron chi connectivity index (χ3n) is 6.55. The summed E-state index contributed by atoms with van der Waals surface area (Å²) in [5.74, 6) is -0.706. The van der Waals surface area contributed by atoms with Gasteiger partial charge in [-0.3, -0.25) is 4.79 Å². The number of hydrogen-bond acceptors (Lipinski definition) is 4. The van der Waals surface area contributed by atoms with Gasteiger partial charge in [0.1, 0.15) is 0 Å². The molecule has 2 unspecified atom stereocenters. The summed E-state index contributed by atoms with van der Waals surface area (Å²) < 4.78 is 6.16. The topological polar surface area (TPSA) is 87.0 Å². The summed E-state index contributed by atoms with van der Waals surface area (Å²) in [5, 5.41) is 28.3. The van der Waals surface area contributed by atoms with Crippen molar-refractivity contribution in [3.63, 3.8) is 0 Å². The number of hydrogen-bond donors (Lipinski definition) is 3. The number of carboxylic acids is 1. The largest absolute Gasteiger partial charge is 0.481 e. The highest BCUT2D eigenvalue weighted by Gasteiger charge is 2.19. The average molecular weight is 473 g/mol. The van der Waals surface area contributed by atoms with Crippen LogP contribution in [0.2, 0.25) is 0 Å². The molecule has 0 spiro atoms. The first-order valence-corrected chi connectivity index (χ1v) is 14.2. The highest BCUT2D eigenvalue weighted by Crippen LogP contribution is 2.18. The molecule has 0 aromatic rings. The molecule has 0 fully saturated rings. The zero-order valence-corrected chi connectivity index (χ0v) is 21.8. The van der Waals surface area contributed by atoms with Crippen molar-refractivity contribution >= 4 is 5.97 Å². The molecule has 0 aliphatic carbocycles. The molecule has 0 saturated heterocycles. The van der Waals surface area contributed by atoms with Crippen LogP contribution in [0.3, 0.4) is 0 Å². The predicted molar refractivity (Wildman–Crippen MR) is 138 cm³/mol. The fraction of sp³-hybridized carbons (Fsp3) is 0.964. The first-order valence-electron chi connectivity index (χ1n) is 14.2. The van der Waals surface area contributed by atoms with Crippen LogP contribution in [0, 0.1) is 0 Å². The van der Waals surface area contributed by atoms with Crippen molar-refractivity contribution < 1.29 is 24.9 Å². The number of aliphatic carboxylic acids is 1. The highest BCUT2D eigenvalue weighted by atomic mass is 16.5. The number of aliphatic hydroxyl groups excluding tert-OH is 2. The van der Waals surface area contributed by atoms with E-state index >= 15 is 0 Å². The van der Waals surface area contributed by atoms with Gasteiger partial charge in [-0.05, 0) is 32.1 Å². The Morgan fingerprint density at radius 3 is 1.73 bits per heavy atom. The minimum absolute atomic E-state index is 0.0573. The van der Waals surface area contributed by atoms with Crippen molar-refractivity contribution in [2.45, 2.75) is 160 Å². The summed E-state index contributed by atoms with van der Waals surface area (Å²) in [6.45, 7) is 3.28. The molecule has 198 valence electrons. The summed E-state index contributed by atoms with van der Waals surface area (Å²) in [7, 11) is 0. The second-order valence-electron chi connectivity index (χ2n) is 9.79. The number of rotatable bonds is 27. The first kappa shape index (κ1) is 32.4. The molecule has 5 heteroatoms. The van der Waals surface area contributed by atoms with Crippen LogP contribution in [0.4, 0.5) is 0 Å². The smallest absolute Gasteiger partial charge is 0.303 e. The fourth-order valence-electron chi connectivity index (χ4n) is 4.37. The minimum atomic E-state index is -0.706. The summed E-state index contributed by atoms with van der Waals surface area (Å²) in [5.41, 5.74) is 0. The Morgan fingerprint density at radius 1 is 0.667 bits per heavy atom. The Hall–Kier alpha value is -0.650. The van der Waals surface area contributed by atoms with Crippen molar-refractivity contribution in [2.24, 2.45) is 0 Å². The van der Waals surface area contributed by atoms with Crippen LogP contribution >= 0.6 is 0 Å². The standard InChI is InChI=1S/C28H56O5/c1-2-3-4-5-11-16-21-26(30)27(22-17-12-10-13-18-23-28(31)32)33-25-20-15-9-7-6-8-14-19-24-29/h26-27,29-30H,2-25H2,1H3,(H,31,32). The lowest BCUT2D eigenvalue weighted by molar-refractivity contribution is -0.137. The molecule has 0 aromatic carbocycles. The summed E-state index contributed by atoms with van der Waals surface area (Å²) >= 11 is 0. The van der Waals surface area contributed by atoms with Crippen molar-refractivity contribution in [3.05, 3.63) is 0 Å². The van der Waals surface area contributed by atoms with E-state index in [9.17, 15) is 9.90 Å². The molecule has 0 rings (SSSR count). The van der Waals surface area contributed by atoms with Gasteiger partial charge in [0.2, 0.25) is 0 Å². The Labute approximate surface area is 204 Å². The van der Waals surface area contributed by atoms with E-state index < -0.39 is 5.97 Å². The quantitative estimate of drug-likeness (QED) is 0.108. The average Bonchev–Trinajstić information content (AvgIpc) is 2.80. The van der Waals surface area contributed by atoms with Crippen LogP contribution < -0.4 is 0 Å². The second kappa shape index (κ2) is 26.0. The van der Waals surface area contributed by atoms with Gasteiger partial charge >= 0.3 is 5.97 Å². The maximum Gasteiger partial charge on any atom is 0.303 e. The maximum absolute atomic E-state index is 10.7. The Morgan fingerprint density at radius 2 is 1.15 bits per heavy atom. The summed E-state index contributed by atoms with van der Waals surface area (Å²) in [6, 6.07) is 0. The van der Waals surface area contributed by atoms with Crippen LogP contribution in [0.25, 0.3) is 0 Å². The number of carbonyl (C=O) groups is 1. The highest BCUT2D eigenvalue weighted by molar-refractivity contribution is 5.66. The normalized spacial score (nSPS) is 13.3. The molecule has 0 bridgehead atoms. The van der Waals surface area contributed by atoms with Crippen molar-refractivity contribution in [2.75, 3.05) is 13.2 Å². The molecule has 0 saturated carbocycles. The lowest BCUT2D eigenvalue weighted by Crippen LogP contribution is -2.29. The van der Waals surface area contributed by atoms with E-state index in [1.54, 1.807) is 0 Å². The van der Waals surface area contributed by atoms with E-state index in [1.807, 2.05) is 0 Å². The number of ether oxygens (including phenoxy) is 1. The van der Waals surface area contributed by atoms with Crippen LogP contribution in [-0.4, -0.2) is 46.7 Å². The van der Waals surface area contributed by atoms with Crippen LogP contribution in [0.5, 0.6) is 0 Å². The molecule has 2 atom stereocenters. The fourth-order valence-corrected chi connectivity index (χ4v) is 4.37. The molecule has 0 amide bonds. The van der Waals surface area contributed by atoms with Crippen LogP contribution in [-0.2, 0) is 9.53 Å². The predicted octanol–water partition coefficient (Wildman–Crippen LogP) is 7.41. The van der Waals surface area contributed by atoms with Crippen LogP contribution in [0.15, 0.2) is 0 Å². The molecule has 0 aromatic heterocycles. The van der Waals surface area contributed by atoms with E-state index in [-0.39, 0.29) is 18.6 Å². The minimum Gasteiger partial charge on any atom is -0.481 e. The Kier molecular flexibility index (Phi) is 25.5. The van der Waals surface area contributed by atoms with E-state index in [0.717, 1.165) is 77.2 Å². The van der Waals surface area contributed by atoms with Crippen molar-refractivity contribution in [1.29, 1.82) is 0 Å². The van der Waals surface area contributed by atoms with E-state index in [0.29, 0.717) is 6.61 Å². The number of aliphatic hydroxyl groups is 2. The van der Waals surface area contributed by atoms with Gasteiger partial charge in [-0.15, -0.1) is 0 Å². The molecule has 0 heterocycles. The third kappa shape index (κ3) is 24.3. The third-order valence-corrected chi connectivity index (χ3v) is 6.55. The molecule has 3 N–H and O–H groups in total. The number of unbranched alkanes of at least 4 members (excludes halogenated alkanes) is 16. The second-order valence-corrected chi connectivity index (χ2v) is 9.79. The molecule has 5 nitrogen and oxygen atoms in total. The Balaban J connectivity index is 4.03. The molecule has 33 heavy (non-hydrogen) atoms. The zero-order chi connectivity index (χ0) is 24.4. The Bertz CT molecular complexity index is 402. The molecular formula is C28H56O5. The summed E-state index contributed by atoms with van der Waals surface area (Å²) in [6.07, 6.45) is 23.2. The van der Waals surface area contributed by atoms with Gasteiger partial charge in [-0.25, -0.2) is 0 Å². The molecular weight excluding hydrogens is 416 g/mol. The van der Waals surface area contributed by atoms with Gasteiger partial charge in [-0.2, -0.15) is 0 Å². The molecule has 0 radical (unpaired) electrons. The van der Waals surface area contributed by atoms with Gasteiger partial charge in [-0.1, -0.05) is 110 Å². The zero-order valence-electron chi connectivity index (χ0n) is 21.8. The molecule has 0 aliphatic rings. The van der Waals surface area contributed by atoms with Gasteiger partial charge in [0, 0.05) is 19.6 Å². The van der Waals surface area contributed by atoms with Crippen LogP contribution in [0.1, 0.15) is 148 Å². The monoisotopic (exact) mass is 472 g/mol. The SMILES string of the molecule is CCCCCCCCC(O)C(CCCCCCCC(=O)O)OCCCCCCCCCCO. The van der Waals surface area contributed by atoms with E-state index in [4.69, 9.17) is 14.9 Å². The van der Waals surface area contributed by atoms with E-state index in [2.05, 4.69) is 6.92 Å². The maximum atomic E-state index is 10.7. The van der Waals surface area contributed by atoms with E-state index in [1.165, 1.54) is 64.2 Å². The molecule has 0 aliphatic heterocycles. The lowest BCUT2D eigenvalue weighted by Gasteiger charge is -2.24. The van der Waals surface area contributed by atoms with Crippen molar-refractivity contribution in [1.82, 2.24) is 0 Å². The van der Waals surface area contributed by atoms with Crippen molar-refractivity contribution in [3.8, 4) is 0 Å². The van der Waals surface area contributed by atoms with Gasteiger partial charge < -0.3 is 20.1 Å².